The number of benzene rings is 1. The molecule has 1 saturated carbocycles. The van der Waals surface area contributed by atoms with E-state index in [9.17, 15) is 4.79 Å². The Hall–Kier alpha value is -1.35. The predicted octanol–water partition coefficient (Wildman–Crippen LogP) is 1.75. The first kappa shape index (κ1) is 11.1. The molecule has 3 heteroatoms. The molecule has 1 aliphatic carbocycles. The summed E-state index contributed by atoms with van der Waals surface area (Å²) in [6.07, 6.45) is 1.76. The molecule has 0 heterocycles. The van der Waals surface area contributed by atoms with E-state index < -0.39 is 12.0 Å². The molecule has 1 aromatic carbocycles. The normalized spacial score (nSPS) is 19.2. The van der Waals surface area contributed by atoms with Crippen molar-refractivity contribution in [1.29, 1.82) is 0 Å². The van der Waals surface area contributed by atoms with Gasteiger partial charge in [0.05, 0.1) is 0 Å². The van der Waals surface area contributed by atoms with E-state index in [1.54, 1.807) is 0 Å². The van der Waals surface area contributed by atoms with Gasteiger partial charge >= 0.3 is 5.97 Å². The molecule has 1 unspecified atom stereocenters. The Kier molecular flexibility index (Phi) is 2.50. The molecule has 0 saturated heterocycles. The fourth-order valence-corrected chi connectivity index (χ4v) is 2.41. The summed E-state index contributed by atoms with van der Waals surface area (Å²) in [5, 5.41) is 9.05. The number of aryl methyl sites for hydroxylation is 1. The van der Waals surface area contributed by atoms with Crippen LogP contribution in [0.5, 0.6) is 0 Å². The quantitative estimate of drug-likeness (QED) is 0.814. The Morgan fingerprint density at radius 3 is 2.56 bits per heavy atom. The van der Waals surface area contributed by atoms with Crippen molar-refractivity contribution >= 4 is 5.97 Å². The van der Waals surface area contributed by atoms with Crippen LogP contribution in [0.25, 0.3) is 0 Å². The smallest absolute Gasteiger partial charge is 0.321 e. The molecule has 3 N–H and O–H groups in total. The van der Waals surface area contributed by atoms with Gasteiger partial charge in [-0.2, -0.15) is 0 Å². The molecule has 86 valence electrons. The van der Waals surface area contributed by atoms with Crippen LogP contribution in [-0.2, 0) is 10.2 Å². The van der Waals surface area contributed by atoms with Crippen LogP contribution in [0.1, 0.15) is 29.5 Å². The molecule has 1 aromatic rings. The van der Waals surface area contributed by atoms with Gasteiger partial charge in [-0.15, -0.1) is 0 Å². The number of carboxylic acid groups (broad SMARTS) is 1. The highest BCUT2D eigenvalue weighted by Crippen LogP contribution is 2.51. The second kappa shape index (κ2) is 3.59. The molecule has 3 nitrogen and oxygen atoms in total. The van der Waals surface area contributed by atoms with Crippen LogP contribution in [-0.4, -0.2) is 17.1 Å². The lowest BCUT2D eigenvalue weighted by Crippen LogP contribution is -2.42. The molecule has 1 aliphatic rings. The highest BCUT2D eigenvalue weighted by Gasteiger charge is 2.52. The first-order valence-corrected chi connectivity index (χ1v) is 5.54. The Morgan fingerprint density at radius 1 is 1.44 bits per heavy atom. The van der Waals surface area contributed by atoms with Crippen LogP contribution in [0.15, 0.2) is 18.2 Å². The van der Waals surface area contributed by atoms with E-state index in [1.165, 1.54) is 11.1 Å². The molecule has 0 radical (unpaired) electrons. The number of aliphatic carboxylic acids is 1. The first-order valence-electron chi connectivity index (χ1n) is 5.54. The average molecular weight is 219 g/mol. The third kappa shape index (κ3) is 1.52. The van der Waals surface area contributed by atoms with E-state index >= 15 is 0 Å². The lowest BCUT2D eigenvalue weighted by Gasteiger charge is -2.23. The second-order valence-corrected chi connectivity index (χ2v) is 4.72. The third-order valence-corrected chi connectivity index (χ3v) is 3.79. The topological polar surface area (TPSA) is 63.3 Å². The summed E-state index contributed by atoms with van der Waals surface area (Å²) in [6.45, 7) is 4.08. The van der Waals surface area contributed by atoms with Crippen LogP contribution < -0.4 is 5.73 Å². The van der Waals surface area contributed by atoms with Crippen LogP contribution in [0, 0.1) is 13.8 Å². The molecular formula is C13H17NO2. The van der Waals surface area contributed by atoms with E-state index in [0.29, 0.717) is 0 Å². The maximum Gasteiger partial charge on any atom is 0.321 e. The van der Waals surface area contributed by atoms with Gasteiger partial charge in [0.15, 0.2) is 0 Å². The summed E-state index contributed by atoms with van der Waals surface area (Å²) >= 11 is 0. The predicted molar refractivity (Wildman–Crippen MR) is 62.4 cm³/mol. The summed E-state index contributed by atoms with van der Waals surface area (Å²) in [5.74, 6) is -0.904. The maximum absolute atomic E-state index is 11.0. The lowest BCUT2D eigenvalue weighted by atomic mass is 9.84. The molecule has 0 aromatic heterocycles. The van der Waals surface area contributed by atoms with Crippen molar-refractivity contribution in [2.75, 3.05) is 0 Å². The minimum Gasteiger partial charge on any atom is -0.480 e. The van der Waals surface area contributed by atoms with Crippen molar-refractivity contribution in [1.82, 2.24) is 0 Å². The number of rotatable bonds is 3. The van der Waals surface area contributed by atoms with E-state index in [0.717, 1.165) is 18.4 Å². The molecule has 2 rings (SSSR count). The van der Waals surface area contributed by atoms with Gasteiger partial charge in [0, 0.05) is 5.41 Å². The summed E-state index contributed by atoms with van der Waals surface area (Å²) in [6, 6.07) is 5.25. The van der Waals surface area contributed by atoms with Crippen molar-refractivity contribution in [3.05, 3.63) is 34.9 Å². The molecule has 0 bridgehead atoms. The highest BCUT2D eigenvalue weighted by molar-refractivity contribution is 5.77. The molecular weight excluding hydrogens is 202 g/mol. The minimum absolute atomic E-state index is 0.318. The monoisotopic (exact) mass is 219 g/mol. The molecule has 0 amide bonds. The SMILES string of the molecule is Cc1cccc(C2(C(N)C(=O)O)CC2)c1C. The summed E-state index contributed by atoms with van der Waals surface area (Å²) < 4.78 is 0. The van der Waals surface area contributed by atoms with Crippen molar-refractivity contribution in [3.63, 3.8) is 0 Å². The van der Waals surface area contributed by atoms with Gasteiger partial charge in [-0.1, -0.05) is 18.2 Å². The zero-order chi connectivity index (χ0) is 11.9. The second-order valence-electron chi connectivity index (χ2n) is 4.72. The van der Waals surface area contributed by atoms with Crippen molar-refractivity contribution in [3.8, 4) is 0 Å². The van der Waals surface area contributed by atoms with Crippen LogP contribution in [0.3, 0.4) is 0 Å². The number of carboxylic acids is 1. The Bertz CT molecular complexity index is 436. The van der Waals surface area contributed by atoms with Gasteiger partial charge in [-0.05, 0) is 43.4 Å². The average Bonchev–Trinajstić information content (AvgIpc) is 3.02. The molecule has 0 spiro atoms. The third-order valence-electron chi connectivity index (χ3n) is 3.79. The van der Waals surface area contributed by atoms with Gasteiger partial charge < -0.3 is 10.8 Å². The van der Waals surface area contributed by atoms with Crippen molar-refractivity contribution in [2.24, 2.45) is 5.73 Å². The Labute approximate surface area is 95.3 Å². The fourth-order valence-electron chi connectivity index (χ4n) is 2.41. The highest BCUT2D eigenvalue weighted by atomic mass is 16.4. The molecule has 1 fully saturated rings. The minimum atomic E-state index is -0.904. The lowest BCUT2D eigenvalue weighted by molar-refractivity contribution is -0.139. The zero-order valence-corrected chi connectivity index (χ0v) is 9.66. The van der Waals surface area contributed by atoms with Crippen LogP contribution in [0.4, 0.5) is 0 Å². The molecule has 0 aliphatic heterocycles. The largest absolute Gasteiger partial charge is 0.480 e. The fraction of sp³-hybridized carbons (Fsp3) is 0.462. The summed E-state index contributed by atoms with van der Waals surface area (Å²) in [5.41, 5.74) is 8.98. The Balaban J connectivity index is 2.45. The van der Waals surface area contributed by atoms with Crippen LogP contribution in [0.2, 0.25) is 0 Å². The molecule has 1 atom stereocenters. The van der Waals surface area contributed by atoms with E-state index in [-0.39, 0.29) is 5.41 Å². The van der Waals surface area contributed by atoms with E-state index in [1.807, 2.05) is 32.0 Å². The van der Waals surface area contributed by atoms with E-state index in [2.05, 4.69) is 0 Å². The summed E-state index contributed by atoms with van der Waals surface area (Å²) in [7, 11) is 0. The Morgan fingerprint density at radius 2 is 2.06 bits per heavy atom. The van der Waals surface area contributed by atoms with Gasteiger partial charge in [0.1, 0.15) is 6.04 Å². The van der Waals surface area contributed by atoms with Crippen LogP contribution >= 0.6 is 0 Å². The molecule has 16 heavy (non-hydrogen) atoms. The van der Waals surface area contributed by atoms with Crippen molar-refractivity contribution in [2.45, 2.75) is 38.1 Å². The zero-order valence-electron chi connectivity index (χ0n) is 9.66. The van der Waals surface area contributed by atoms with Gasteiger partial charge in [0.2, 0.25) is 0 Å². The van der Waals surface area contributed by atoms with E-state index in [4.69, 9.17) is 10.8 Å². The van der Waals surface area contributed by atoms with Gasteiger partial charge in [0.25, 0.3) is 0 Å². The summed E-state index contributed by atoms with van der Waals surface area (Å²) in [4.78, 5) is 11.0. The number of carbonyl (C=O) groups is 1. The first-order chi connectivity index (χ1) is 7.49. The number of hydrogen-bond donors (Lipinski definition) is 2. The number of hydrogen-bond acceptors (Lipinski definition) is 2. The van der Waals surface area contributed by atoms with Crippen molar-refractivity contribution < 1.29 is 9.90 Å². The standard InChI is InChI=1S/C13H17NO2/c1-8-4-3-5-10(9(8)2)13(6-7-13)11(14)12(15)16/h3-5,11H,6-7,14H2,1-2H3,(H,15,16). The number of nitrogens with two attached hydrogens (primary N) is 1. The van der Waals surface area contributed by atoms with Gasteiger partial charge in [-0.25, -0.2) is 0 Å². The maximum atomic E-state index is 11.0. The van der Waals surface area contributed by atoms with Gasteiger partial charge in [-0.3, -0.25) is 4.79 Å².